The molecule has 1 aromatic carbocycles. The van der Waals surface area contributed by atoms with Gasteiger partial charge < -0.3 is 14.8 Å². The highest BCUT2D eigenvalue weighted by atomic mass is 16.5. The summed E-state index contributed by atoms with van der Waals surface area (Å²) in [5.74, 6) is 0.921. The Labute approximate surface area is 110 Å². The Kier molecular flexibility index (Phi) is 7.46. The minimum absolute atomic E-state index is 0.453. The van der Waals surface area contributed by atoms with Crippen LogP contribution in [0.2, 0.25) is 0 Å². The molecule has 0 amide bonds. The molecule has 0 aliphatic rings. The summed E-state index contributed by atoms with van der Waals surface area (Å²) < 4.78 is 10.8. The van der Waals surface area contributed by atoms with E-state index in [0.717, 1.165) is 38.2 Å². The van der Waals surface area contributed by atoms with Crippen molar-refractivity contribution in [3.63, 3.8) is 0 Å². The molecule has 1 unspecified atom stereocenters. The first-order valence-electron chi connectivity index (χ1n) is 6.68. The van der Waals surface area contributed by atoms with E-state index in [1.54, 1.807) is 7.11 Å². The van der Waals surface area contributed by atoms with Crippen LogP contribution in [0.5, 0.6) is 5.75 Å². The van der Waals surface area contributed by atoms with Crippen molar-refractivity contribution in [3.8, 4) is 5.75 Å². The number of benzene rings is 1. The molecule has 1 aromatic rings. The van der Waals surface area contributed by atoms with Gasteiger partial charge >= 0.3 is 0 Å². The van der Waals surface area contributed by atoms with Gasteiger partial charge in [-0.3, -0.25) is 0 Å². The summed E-state index contributed by atoms with van der Waals surface area (Å²) in [6, 6.07) is 8.70. The monoisotopic (exact) mass is 251 g/mol. The van der Waals surface area contributed by atoms with Gasteiger partial charge in [-0.15, -0.1) is 0 Å². The normalized spacial score (nSPS) is 12.4. The minimum atomic E-state index is 0.453. The summed E-state index contributed by atoms with van der Waals surface area (Å²) in [7, 11) is 3.71. The van der Waals surface area contributed by atoms with E-state index in [1.807, 2.05) is 19.2 Å². The average Bonchev–Trinajstić information content (AvgIpc) is 2.42. The molecule has 0 aliphatic heterocycles. The van der Waals surface area contributed by atoms with E-state index in [-0.39, 0.29) is 0 Å². The largest absolute Gasteiger partial charge is 0.497 e. The van der Waals surface area contributed by atoms with Gasteiger partial charge in [0, 0.05) is 19.3 Å². The second-order valence-corrected chi connectivity index (χ2v) is 4.44. The van der Waals surface area contributed by atoms with E-state index < -0.39 is 0 Å². The fraction of sp³-hybridized carbons (Fsp3) is 0.600. The van der Waals surface area contributed by atoms with Crippen LogP contribution in [0.4, 0.5) is 0 Å². The molecule has 0 saturated heterocycles. The molecule has 0 aliphatic carbocycles. The fourth-order valence-corrected chi connectivity index (χ4v) is 1.90. The number of likely N-dealkylation sites (N-methyl/N-ethyl adjacent to an activating group) is 1. The fourth-order valence-electron chi connectivity index (χ4n) is 1.90. The Morgan fingerprint density at radius 1 is 1.28 bits per heavy atom. The van der Waals surface area contributed by atoms with Gasteiger partial charge in [0.25, 0.3) is 0 Å². The van der Waals surface area contributed by atoms with Crippen LogP contribution in [0.1, 0.15) is 25.3 Å². The van der Waals surface area contributed by atoms with E-state index in [9.17, 15) is 0 Å². The SMILES string of the molecule is CCCOCCC(Cc1cccc(OC)c1)NC. The number of hydrogen-bond donors (Lipinski definition) is 1. The summed E-state index contributed by atoms with van der Waals surface area (Å²) in [6.45, 7) is 3.81. The van der Waals surface area contributed by atoms with Crippen LogP contribution < -0.4 is 10.1 Å². The molecular formula is C15H25NO2. The van der Waals surface area contributed by atoms with E-state index in [2.05, 4.69) is 24.4 Å². The summed E-state index contributed by atoms with van der Waals surface area (Å²) in [5.41, 5.74) is 1.30. The molecule has 3 heteroatoms. The van der Waals surface area contributed by atoms with Crippen LogP contribution in [-0.2, 0) is 11.2 Å². The third-order valence-corrected chi connectivity index (χ3v) is 2.98. The third-order valence-electron chi connectivity index (χ3n) is 2.98. The molecule has 3 nitrogen and oxygen atoms in total. The lowest BCUT2D eigenvalue weighted by molar-refractivity contribution is 0.125. The second kappa shape index (κ2) is 8.95. The second-order valence-electron chi connectivity index (χ2n) is 4.44. The van der Waals surface area contributed by atoms with Crippen molar-refractivity contribution < 1.29 is 9.47 Å². The van der Waals surface area contributed by atoms with Crippen molar-refractivity contribution in [2.24, 2.45) is 0 Å². The van der Waals surface area contributed by atoms with Crippen molar-refractivity contribution in [1.82, 2.24) is 5.32 Å². The van der Waals surface area contributed by atoms with Gasteiger partial charge in [0.05, 0.1) is 7.11 Å². The van der Waals surface area contributed by atoms with Crippen LogP contribution in [0, 0.1) is 0 Å². The van der Waals surface area contributed by atoms with Crippen molar-refractivity contribution in [3.05, 3.63) is 29.8 Å². The zero-order valence-corrected chi connectivity index (χ0v) is 11.7. The summed E-state index contributed by atoms with van der Waals surface area (Å²) in [4.78, 5) is 0. The molecule has 0 saturated carbocycles. The lowest BCUT2D eigenvalue weighted by atomic mass is 10.0. The Morgan fingerprint density at radius 3 is 2.78 bits per heavy atom. The van der Waals surface area contributed by atoms with Gasteiger partial charge in [0.1, 0.15) is 5.75 Å². The molecule has 18 heavy (non-hydrogen) atoms. The highest BCUT2D eigenvalue weighted by molar-refractivity contribution is 5.28. The van der Waals surface area contributed by atoms with E-state index in [1.165, 1.54) is 5.56 Å². The number of methoxy groups -OCH3 is 1. The van der Waals surface area contributed by atoms with Crippen molar-refractivity contribution in [2.45, 2.75) is 32.2 Å². The Morgan fingerprint density at radius 2 is 2.11 bits per heavy atom. The molecule has 0 heterocycles. The van der Waals surface area contributed by atoms with E-state index in [0.29, 0.717) is 6.04 Å². The topological polar surface area (TPSA) is 30.5 Å². The molecule has 0 radical (unpaired) electrons. The zero-order chi connectivity index (χ0) is 13.2. The maximum Gasteiger partial charge on any atom is 0.119 e. The van der Waals surface area contributed by atoms with Crippen LogP contribution in [-0.4, -0.2) is 33.4 Å². The first-order chi connectivity index (χ1) is 8.80. The molecule has 1 N–H and O–H groups in total. The lowest BCUT2D eigenvalue weighted by Crippen LogP contribution is -2.29. The molecule has 102 valence electrons. The van der Waals surface area contributed by atoms with Gasteiger partial charge in [-0.05, 0) is 44.0 Å². The van der Waals surface area contributed by atoms with Gasteiger partial charge in [-0.2, -0.15) is 0 Å². The average molecular weight is 251 g/mol. The predicted octanol–water partition coefficient (Wildman–Crippen LogP) is 2.64. The maximum absolute atomic E-state index is 5.53. The molecular weight excluding hydrogens is 226 g/mol. The predicted molar refractivity (Wildman–Crippen MR) is 75.3 cm³/mol. The molecule has 0 spiro atoms. The van der Waals surface area contributed by atoms with Gasteiger partial charge in [0.2, 0.25) is 0 Å². The molecule has 0 bridgehead atoms. The number of hydrogen-bond acceptors (Lipinski definition) is 3. The minimum Gasteiger partial charge on any atom is -0.497 e. The maximum atomic E-state index is 5.53. The van der Waals surface area contributed by atoms with Gasteiger partial charge in [-0.25, -0.2) is 0 Å². The molecule has 1 atom stereocenters. The number of nitrogens with one attached hydrogen (secondary N) is 1. The number of rotatable bonds is 9. The Bertz CT molecular complexity index is 328. The first kappa shape index (κ1) is 15.0. The lowest BCUT2D eigenvalue weighted by Gasteiger charge is -2.16. The van der Waals surface area contributed by atoms with Crippen LogP contribution >= 0.6 is 0 Å². The van der Waals surface area contributed by atoms with Gasteiger partial charge in [-0.1, -0.05) is 19.1 Å². The van der Waals surface area contributed by atoms with Crippen LogP contribution in [0.3, 0.4) is 0 Å². The quantitative estimate of drug-likeness (QED) is 0.684. The molecule has 0 fully saturated rings. The van der Waals surface area contributed by atoms with Crippen molar-refractivity contribution in [2.75, 3.05) is 27.4 Å². The Balaban J connectivity index is 2.41. The van der Waals surface area contributed by atoms with Crippen molar-refractivity contribution >= 4 is 0 Å². The summed E-state index contributed by atoms with van der Waals surface area (Å²) >= 11 is 0. The van der Waals surface area contributed by atoms with Crippen LogP contribution in [0.15, 0.2) is 24.3 Å². The zero-order valence-electron chi connectivity index (χ0n) is 11.7. The standard InChI is InChI=1S/C15H25NO2/c1-4-9-18-10-8-14(16-2)11-13-6-5-7-15(12-13)17-3/h5-7,12,14,16H,4,8-11H2,1-3H3. The highest BCUT2D eigenvalue weighted by Gasteiger charge is 2.07. The Hall–Kier alpha value is -1.06. The first-order valence-corrected chi connectivity index (χ1v) is 6.68. The smallest absolute Gasteiger partial charge is 0.119 e. The number of ether oxygens (including phenoxy) is 2. The summed E-state index contributed by atoms with van der Waals surface area (Å²) in [6.07, 6.45) is 3.12. The van der Waals surface area contributed by atoms with E-state index in [4.69, 9.17) is 9.47 Å². The summed E-state index contributed by atoms with van der Waals surface area (Å²) in [5, 5.41) is 3.34. The van der Waals surface area contributed by atoms with E-state index >= 15 is 0 Å². The molecule has 1 rings (SSSR count). The van der Waals surface area contributed by atoms with Crippen LogP contribution in [0.25, 0.3) is 0 Å². The van der Waals surface area contributed by atoms with Gasteiger partial charge in [0.15, 0.2) is 0 Å². The third kappa shape index (κ3) is 5.52. The highest BCUT2D eigenvalue weighted by Crippen LogP contribution is 2.14. The molecule has 0 aromatic heterocycles. The van der Waals surface area contributed by atoms with Crippen molar-refractivity contribution in [1.29, 1.82) is 0 Å².